The summed E-state index contributed by atoms with van der Waals surface area (Å²) in [6, 6.07) is 4.33. The van der Waals surface area contributed by atoms with E-state index in [4.69, 9.17) is 11.6 Å². The number of halogens is 1. The number of benzene rings is 1. The molecule has 0 saturated heterocycles. The van der Waals surface area contributed by atoms with Gasteiger partial charge in [-0.2, -0.15) is 0 Å². The first kappa shape index (κ1) is 7.70. The molecule has 64 valence electrons. The van der Waals surface area contributed by atoms with E-state index in [1.807, 2.05) is 0 Å². The van der Waals surface area contributed by atoms with Crippen molar-refractivity contribution in [3.63, 3.8) is 0 Å². The zero-order chi connectivity index (χ0) is 8.77. The van der Waals surface area contributed by atoms with E-state index in [1.165, 1.54) is 18.2 Å². The van der Waals surface area contributed by atoms with E-state index in [0.29, 0.717) is 5.02 Å². The third kappa shape index (κ3) is 1.21. The lowest BCUT2D eigenvalue weighted by Gasteiger charge is -1.90. The van der Waals surface area contributed by atoms with Crippen LogP contribution in [-0.4, -0.2) is 8.42 Å². The third-order valence-corrected chi connectivity index (χ3v) is 2.29. The van der Waals surface area contributed by atoms with Crippen LogP contribution in [0.25, 0.3) is 0 Å². The smallest absolute Gasteiger partial charge is 0.349 e. The van der Waals surface area contributed by atoms with Crippen LogP contribution >= 0.6 is 11.6 Å². The van der Waals surface area contributed by atoms with Crippen LogP contribution in [0.5, 0.6) is 11.5 Å². The van der Waals surface area contributed by atoms with E-state index >= 15 is 0 Å². The monoisotopic (exact) mass is 206 g/mol. The standard InChI is InChI=1S/C6H3ClO4S/c7-4-1-2-5-6(3-4)11-12(8,9)10-5/h1-3H. The van der Waals surface area contributed by atoms with E-state index in [-0.39, 0.29) is 11.5 Å². The van der Waals surface area contributed by atoms with Crippen LogP contribution in [0.3, 0.4) is 0 Å². The number of rotatable bonds is 0. The lowest BCUT2D eigenvalue weighted by atomic mass is 10.3. The molecule has 0 aromatic heterocycles. The minimum atomic E-state index is -3.88. The maximum atomic E-state index is 10.7. The molecule has 2 rings (SSSR count). The molecule has 0 aliphatic carbocycles. The van der Waals surface area contributed by atoms with Crippen molar-refractivity contribution in [2.45, 2.75) is 0 Å². The molecule has 0 radical (unpaired) electrons. The van der Waals surface area contributed by atoms with Crippen LogP contribution in [0, 0.1) is 0 Å². The Kier molecular flexibility index (Phi) is 1.46. The second-order valence-corrected chi connectivity index (χ2v) is 3.75. The summed E-state index contributed by atoms with van der Waals surface area (Å²) in [6.45, 7) is 0. The first-order valence-corrected chi connectivity index (χ1v) is 4.71. The van der Waals surface area contributed by atoms with Gasteiger partial charge in [0.1, 0.15) is 0 Å². The van der Waals surface area contributed by atoms with Gasteiger partial charge in [-0.05, 0) is 12.1 Å². The molecular formula is C6H3ClO4S. The Hall–Kier alpha value is -0.940. The molecule has 1 aliphatic rings. The molecule has 1 aliphatic heterocycles. The number of fused-ring (bicyclic) bond motifs is 1. The van der Waals surface area contributed by atoms with Gasteiger partial charge < -0.3 is 8.37 Å². The highest BCUT2D eigenvalue weighted by Gasteiger charge is 2.28. The van der Waals surface area contributed by atoms with E-state index in [9.17, 15) is 8.42 Å². The lowest BCUT2D eigenvalue weighted by Crippen LogP contribution is -2.07. The van der Waals surface area contributed by atoms with Crippen molar-refractivity contribution >= 4 is 22.0 Å². The fourth-order valence-electron chi connectivity index (χ4n) is 0.853. The average molecular weight is 207 g/mol. The highest BCUT2D eigenvalue weighted by Crippen LogP contribution is 2.37. The largest absolute Gasteiger partial charge is 0.501 e. The molecule has 0 saturated carbocycles. The second-order valence-electron chi connectivity index (χ2n) is 2.17. The number of hydrogen-bond acceptors (Lipinski definition) is 4. The van der Waals surface area contributed by atoms with Crippen molar-refractivity contribution in [2.24, 2.45) is 0 Å². The van der Waals surface area contributed by atoms with E-state index in [0.717, 1.165) is 0 Å². The van der Waals surface area contributed by atoms with Crippen molar-refractivity contribution < 1.29 is 16.8 Å². The van der Waals surface area contributed by atoms with Gasteiger partial charge in [-0.25, -0.2) is 0 Å². The van der Waals surface area contributed by atoms with Crippen LogP contribution in [0.15, 0.2) is 18.2 Å². The van der Waals surface area contributed by atoms with Gasteiger partial charge in [0.05, 0.1) is 0 Å². The second kappa shape index (κ2) is 2.27. The fourth-order valence-corrected chi connectivity index (χ4v) is 1.76. The Morgan fingerprint density at radius 3 is 2.58 bits per heavy atom. The zero-order valence-corrected chi connectivity index (χ0v) is 7.22. The van der Waals surface area contributed by atoms with Gasteiger partial charge in [0.2, 0.25) is 0 Å². The van der Waals surface area contributed by atoms with Gasteiger partial charge in [-0.15, -0.1) is 8.42 Å². The Balaban J connectivity index is 2.56. The van der Waals surface area contributed by atoms with E-state index in [1.54, 1.807) is 0 Å². The molecule has 1 heterocycles. The minimum Gasteiger partial charge on any atom is -0.349 e. The molecule has 0 fully saturated rings. The molecule has 0 atom stereocenters. The third-order valence-electron chi connectivity index (χ3n) is 1.29. The molecule has 0 amide bonds. The molecule has 0 unspecified atom stereocenters. The lowest BCUT2D eigenvalue weighted by molar-refractivity contribution is 0.436. The first-order chi connectivity index (χ1) is 5.57. The summed E-state index contributed by atoms with van der Waals surface area (Å²) in [5, 5.41) is 0.398. The summed E-state index contributed by atoms with van der Waals surface area (Å²) in [5.74, 6) is 0.293. The van der Waals surface area contributed by atoms with Gasteiger partial charge in [-0.3, -0.25) is 0 Å². The summed E-state index contributed by atoms with van der Waals surface area (Å²) in [5.41, 5.74) is 0. The van der Waals surface area contributed by atoms with Crippen LogP contribution in [-0.2, 0) is 10.4 Å². The van der Waals surface area contributed by atoms with Crippen molar-refractivity contribution in [1.29, 1.82) is 0 Å². The Bertz CT molecular complexity index is 425. The Morgan fingerprint density at radius 2 is 1.83 bits per heavy atom. The van der Waals surface area contributed by atoms with Crippen molar-refractivity contribution in [3.8, 4) is 11.5 Å². The van der Waals surface area contributed by atoms with Crippen LogP contribution in [0.4, 0.5) is 0 Å². The van der Waals surface area contributed by atoms with Gasteiger partial charge in [0.25, 0.3) is 0 Å². The maximum absolute atomic E-state index is 10.7. The Labute approximate surface area is 74.0 Å². The van der Waals surface area contributed by atoms with Gasteiger partial charge >= 0.3 is 10.4 Å². The summed E-state index contributed by atoms with van der Waals surface area (Å²) in [6.07, 6.45) is 0. The maximum Gasteiger partial charge on any atom is 0.501 e. The Morgan fingerprint density at radius 1 is 1.17 bits per heavy atom. The van der Waals surface area contributed by atoms with E-state index in [2.05, 4.69) is 8.37 Å². The molecular weight excluding hydrogens is 204 g/mol. The topological polar surface area (TPSA) is 52.6 Å². The summed E-state index contributed by atoms with van der Waals surface area (Å²) in [7, 11) is -3.88. The molecule has 0 bridgehead atoms. The highest BCUT2D eigenvalue weighted by atomic mass is 35.5. The molecule has 12 heavy (non-hydrogen) atoms. The van der Waals surface area contributed by atoms with Crippen molar-refractivity contribution in [1.82, 2.24) is 0 Å². The van der Waals surface area contributed by atoms with Gasteiger partial charge in [0.15, 0.2) is 11.5 Å². The van der Waals surface area contributed by atoms with Gasteiger partial charge in [-0.1, -0.05) is 11.6 Å². The minimum absolute atomic E-state index is 0.127. The quantitative estimate of drug-likeness (QED) is 0.643. The summed E-state index contributed by atoms with van der Waals surface area (Å²) in [4.78, 5) is 0. The SMILES string of the molecule is O=S1(=O)Oc2ccc(Cl)cc2O1. The molecule has 0 N–H and O–H groups in total. The molecule has 1 aromatic rings. The predicted molar refractivity (Wildman–Crippen MR) is 41.6 cm³/mol. The van der Waals surface area contributed by atoms with Crippen molar-refractivity contribution in [3.05, 3.63) is 23.2 Å². The summed E-state index contributed by atoms with van der Waals surface area (Å²) < 4.78 is 30.3. The normalized spacial score (nSPS) is 17.8. The molecule has 6 heteroatoms. The van der Waals surface area contributed by atoms with Crippen molar-refractivity contribution in [2.75, 3.05) is 0 Å². The van der Waals surface area contributed by atoms with Crippen LogP contribution in [0.1, 0.15) is 0 Å². The molecule has 4 nitrogen and oxygen atoms in total. The fraction of sp³-hybridized carbons (Fsp3) is 0. The number of hydrogen-bond donors (Lipinski definition) is 0. The average Bonchev–Trinajstić information content (AvgIpc) is 2.21. The predicted octanol–water partition coefficient (Wildman–Crippen LogP) is 1.36. The van der Waals surface area contributed by atoms with Crippen LogP contribution in [0.2, 0.25) is 5.02 Å². The highest BCUT2D eigenvalue weighted by molar-refractivity contribution is 7.82. The van der Waals surface area contributed by atoms with E-state index < -0.39 is 10.4 Å². The van der Waals surface area contributed by atoms with Gasteiger partial charge in [0, 0.05) is 11.1 Å². The summed E-state index contributed by atoms with van der Waals surface area (Å²) >= 11 is 5.59. The molecule has 0 spiro atoms. The van der Waals surface area contributed by atoms with Crippen LogP contribution < -0.4 is 8.37 Å². The zero-order valence-electron chi connectivity index (χ0n) is 5.65. The first-order valence-electron chi connectivity index (χ1n) is 3.00. The molecule has 1 aromatic carbocycles.